The molecular weight excluding hydrogens is 365 g/mol. The third kappa shape index (κ3) is 3.86. The van der Waals surface area contributed by atoms with Crippen molar-refractivity contribution in [3.05, 3.63) is 33.8 Å². The molecule has 0 radical (unpaired) electrons. The molecule has 1 atom stereocenters. The van der Waals surface area contributed by atoms with E-state index in [4.69, 9.17) is 4.79 Å². The largest absolute Gasteiger partial charge is 0.446 e. The fraction of sp³-hybridized carbons (Fsp3) is 0.429. The molecule has 0 spiro atoms. The standard InChI is InChI=1S/C12H13BrN2O.C2HF3O/c13-11-3-1-2-9-10(11)6-8-7-14-4-5-15(8)12(9)16;3-2(4,5)1-6/h1-3,8,14H,4-7H2;1H/t8-;/m1./s1. The number of nitrogens with zero attached hydrogens (tertiary/aromatic N) is 1. The monoisotopic (exact) mass is 378 g/mol. The highest BCUT2D eigenvalue weighted by Gasteiger charge is 2.34. The predicted molar refractivity (Wildman–Crippen MR) is 77.7 cm³/mol. The minimum Gasteiger partial charge on any atom is -0.333 e. The van der Waals surface area contributed by atoms with Crippen LogP contribution >= 0.6 is 15.9 Å². The zero-order valence-electron chi connectivity index (χ0n) is 11.5. The first-order valence-corrected chi connectivity index (χ1v) is 7.45. The maximum absolute atomic E-state index is 12.3. The number of carbonyl (C=O) groups is 2. The summed E-state index contributed by atoms with van der Waals surface area (Å²) in [5.74, 6) is 0.189. The highest BCUT2D eigenvalue weighted by molar-refractivity contribution is 9.10. The number of hydrogen-bond donors (Lipinski definition) is 1. The number of aldehydes is 1. The smallest absolute Gasteiger partial charge is 0.333 e. The molecule has 0 unspecified atom stereocenters. The number of halogens is 4. The average Bonchev–Trinajstić information content (AvgIpc) is 2.49. The molecule has 4 nitrogen and oxygen atoms in total. The number of piperazine rings is 1. The van der Waals surface area contributed by atoms with Crippen molar-refractivity contribution >= 4 is 28.1 Å². The van der Waals surface area contributed by atoms with Gasteiger partial charge in [0.05, 0.1) is 0 Å². The Morgan fingerprint density at radius 2 is 2.05 bits per heavy atom. The van der Waals surface area contributed by atoms with Gasteiger partial charge in [-0.1, -0.05) is 22.0 Å². The Kier molecular flexibility index (Phi) is 5.23. The molecule has 1 amide bonds. The number of hydrogen-bond acceptors (Lipinski definition) is 3. The number of fused-ring (bicyclic) bond motifs is 2. The first kappa shape index (κ1) is 17.0. The zero-order chi connectivity index (χ0) is 16.3. The quantitative estimate of drug-likeness (QED) is 0.703. The van der Waals surface area contributed by atoms with E-state index in [9.17, 15) is 18.0 Å². The van der Waals surface area contributed by atoms with Crippen LogP contribution in [0.1, 0.15) is 15.9 Å². The van der Waals surface area contributed by atoms with Crippen molar-refractivity contribution in [3.63, 3.8) is 0 Å². The summed E-state index contributed by atoms with van der Waals surface area (Å²) in [5.41, 5.74) is 2.03. The maximum atomic E-state index is 12.3. The molecule has 1 aromatic carbocycles. The van der Waals surface area contributed by atoms with Gasteiger partial charge in [0.1, 0.15) is 0 Å². The third-order valence-electron chi connectivity index (χ3n) is 3.53. The van der Waals surface area contributed by atoms with Gasteiger partial charge < -0.3 is 10.2 Å². The van der Waals surface area contributed by atoms with Crippen LogP contribution in [0.3, 0.4) is 0 Å². The van der Waals surface area contributed by atoms with E-state index in [2.05, 4.69) is 21.2 Å². The normalized spacial score (nSPS) is 20.5. The second-order valence-corrected chi connectivity index (χ2v) is 5.84. The van der Waals surface area contributed by atoms with E-state index in [-0.39, 0.29) is 5.91 Å². The molecule has 2 aliphatic rings. The van der Waals surface area contributed by atoms with Crippen LogP contribution < -0.4 is 5.32 Å². The molecule has 0 aliphatic carbocycles. The summed E-state index contributed by atoms with van der Waals surface area (Å²) in [5, 5.41) is 3.35. The van der Waals surface area contributed by atoms with Gasteiger partial charge in [0, 0.05) is 35.7 Å². The SMILES string of the molecule is O=C1c2cccc(Br)c2C[C@@H]2CNCCN12.O=CC(F)(F)F. The van der Waals surface area contributed by atoms with Crippen LogP contribution in [0.15, 0.2) is 22.7 Å². The summed E-state index contributed by atoms with van der Waals surface area (Å²) in [6, 6.07) is 6.20. The molecule has 120 valence electrons. The van der Waals surface area contributed by atoms with Crippen molar-refractivity contribution in [2.75, 3.05) is 19.6 Å². The molecule has 22 heavy (non-hydrogen) atoms. The lowest BCUT2D eigenvalue weighted by Crippen LogP contribution is -2.56. The Balaban J connectivity index is 0.000000254. The van der Waals surface area contributed by atoms with E-state index in [0.29, 0.717) is 6.04 Å². The molecule has 3 rings (SSSR count). The molecule has 0 bridgehead atoms. The lowest BCUT2D eigenvalue weighted by atomic mass is 9.92. The highest BCUT2D eigenvalue weighted by Crippen LogP contribution is 2.29. The summed E-state index contributed by atoms with van der Waals surface area (Å²) in [4.78, 5) is 23.0. The van der Waals surface area contributed by atoms with Gasteiger partial charge in [0.15, 0.2) is 0 Å². The Hall–Kier alpha value is -1.41. The minimum atomic E-state index is -4.64. The summed E-state index contributed by atoms with van der Waals surface area (Å²) >= 11 is 3.53. The predicted octanol–water partition coefficient (Wildman–Crippen LogP) is 2.17. The Morgan fingerprint density at radius 1 is 1.36 bits per heavy atom. The van der Waals surface area contributed by atoms with Crippen LogP contribution in [-0.2, 0) is 11.2 Å². The van der Waals surface area contributed by atoms with Gasteiger partial charge in [-0.25, -0.2) is 0 Å². The van der Waals surface area contributed by atoms with E-state index in [1.165, 1.54) is 0 Å². The van der Waals surface area contributed by atoms with Crippen LogP contribution in [0.2, 0.25) is 0 Å². The number of carbonyl (C=O) groups excluding carboxylic acids is 2. The lowest BCUT2D eigenvalue weighted by molar-refractivity contribution is -0.156. The first-order valence-electron chi connectivity index (χ1n) is 6.65. The Bertz CT molecular complexity index is 578. The fourth-order valence-corrected chi connectivity index (χ4v) is 3.10. The maximum Gasteiger partial charge on any atom is 0.446 e. The van der Waals surface area contributed by atoms with Gasteiger partial charge in [-0.05, 0) is 24.1 Å². The van der Waals surface area contributed by atoms with Gasteiger partial charge in [0.2, 0.25) is 6.29 Å². The van der Waals surface area contributed by atoms with Crippen LogP contribution in [0.25, 0.3) is 0 Å². The average molecular weight is 379 g/mol. The van der Waals surface area contributed by atoms with Crippen LogP contribution in [0.5, 0.6) is 0 Å². The van der Waals surface area contributed by atoms with Crippen molar-refractivity contribution < 1.29 is 22.8 Å². The number of nitrogens with one attached hydrogen (secondary N) is 1. The van der Waals surface area contributed by atoms with E-state index in [1.54, 1.807) is 0 Å². The molecule has 1 aromatic rings. The molecule has 2 heterocycles. The van der Waals surface area contributed by atoms with Crippen LogP contribution in [0, 0.1) is 0 Å². The lowest BCUT2D eigenvalue weighted by Gasteiger charge is -2.40. The van der Waals surface area contributed by atoms with Gasteiger partial charge in [0.25, 0.3) is 5.91 Å². The van der Waals surface area contributed by atoms with E-state index in [1.807, 2.05) is 23.1 Å². The summed E-state index contributed by atoms with van der Waals surface area (Å²) in [7, 11) is 0. The number of amides is 1. The summed E-state index contributed by atoms with van der Waals surface area (Å²) < 4.78 is 32.3. The summed E-state index contributed by atoms with van der Waals surface area (Å²) in [6.45, 7) is 2.65. The molecule has 0 saturated carbocycles. The number of benzene rings is 1. The molecule has 0 aromatic heterocycles. The van der Waals surface area contributed by atoms with Gasteiger partial charge >= 0.3 is 6.18 Å². The molecule has 1 fully saturated rings. The van der Waals surface area contributed by atoms with E-state index >= 15 is 0 Å². The Morgan fingerprint density at radius 3 is 2.68 bits per heavy atom. The molecular formula is C14H14BrF3N2O2. The van der Waals surface area contributed by atoms with Crippen LogP contribution in [0.4, 0.5) is 13.2 Å². The minimum absolute atomic E-state index is 0.189. The molecule has 1 N–H and O–H groups in total. The molecule has 8 heteroatoms. The van der Waals surface area contributed by atoms with Gasteiger partial charge in [-0.3, -0.25) is 9.59 Å². The van der Waals surface area contributed by atoms with Crippen molar-refractivity contribution in [2.24, 2.45) is 0 Å². The van der Waals surface area contributed by atoms with Crippen molar-refractivity contribution in [1.29, 1.82) is 0 Å². The Labute approximate surface area is 133 Å². The number of alkyl halides is 3. The van der Waals surface area contributed by atoms with Crippen LogP contribution in [-0.4, -0.2) is 48.9 Å². The number of rotatable bonds is 0. The van der Waals surface area contributed by atoms with E-state index < -0.39 is 12.5 Å². The van der Waals surface area contributed by atoms with Gasteiger partial charge in [-0.2, -0.15) is 13.2 Å². The van der Waals surface area contributed by atoms with E-state index in [0.717, 1.165) is 41.7 Å². The second-order valence-electron chi connectivity index (χ2n) is 4.99. The molecule has 1 saturated heterocycles. The second kappa shape index (κ2) is 6.78. The fourth-order valence-electron chi connectivity index (χ4n) is 2.57. The van der Waals surface area contributed by atoms with Crippen molar-refractivity contribution in [1.82, 2.24) is 10.2 Å². The van der Waals surface area contributed by atoms with Gasteiger partial charge in [-0.15, -0.1) is 0 Å². The zero-order valence-corrected chi connectivity index (χ0v) is 13.1. The molecule has 2 aliphatic heterocycles. The first-order chi connectivity index (χ1) is 10.3. The summed E-state index contributed by atoms with van der Waals surface area (Å²) in [6.07, 6.45) is -4.75. The third-order valence-corrected chi connectivity index (χ3v) is 4.28. The van der Waals surface area contributed by atoms with Crippen molar-refractivity contribution in [3.8, 4) is 0 Å². The topological polar surface area (TPSA) is 49.4 Å². The van der Waals surface area contributed by atoms with Crippen molar-refractivity contribution in [2.45, 2.75) is 18.6 Å². The highest BCUT2D eigenvalue weighted by atomic mass is 79.9.